The molecule has 67 heavy (non-hydrogen) atoms. The van der Waals surface area contributed by atoms with Gasteiger partial charge in [-0.25, -0.2) is 0 Å². The van der Waals surface area contributed by atoms with Crippen molar-refractivity contribution in [2.24, 2.45) is 0 Å². The molecule has 1 nitrogen and oxygen atoms in total. The lowest BCUT2D eigenvalue weighted by Crippen LogP contribution is -2.18. The van der Waals surface area contributed by atoms with Gasteiger partial charge in [0.15, 0.2) is 0 Å². The molecule has 4 aliphatic rings. The summed E-state index contributed by atoms with van der Waals surface area (Å²) in [6.45, 7) is 19.1. The molecule has 4 aliphatic carbocycles. The molecule has 0 N–H and O–H groups in total. The van der Waals surface area contributed by atoms with Crippen molar-refractivity contribution >= 4 is 17.1 Å². The molecule has 13 rings (SSSR count). The first-order valence-electron chi connectivity index (χ1n) is 24.2. The van der Waals surface area contributed by atoms with Gasteiger partial charge >= 0.3 is 0 Å². The van der Waals surface area contributed by atoms with Crippen LogP contribution in [0.5, 0.6) is 0 Å². The van der Waals surface area contributed by atoms with Crippen LogP contribution in [0.1, 0.15) is 99.9 Å². The third-order valence-corrected chi connectivity index (χ3v) is 16.7. The number of benzene rings is 9. The summed E-state index contributed by atoms with van der Waals surface area (Å²) in [6.07, 6.45) is 0. The quantitative estimate of drug-likeness (QED) is 0.167. The van der Waals surface area contributed by atoms with Gasteiger partial charge in [0.05, 0.1) is 0 Å². The van der Waals surface area contributed by atoms with Crippen molar-refractivity contribution in [1.29, 1.82) is 0 Å². The maximum Gasteiger partial charge on any atom is 0.0465 e. The van der Waals surface area contributed by atoms with E-state index in [-0.39, 0.29) is 21.7 Å². The average Bonchev–Trinajstić information content (AvgIpc) is 3.91. The van der Waals surface area contributed by atoms with Crippen LogP contribution >= 0.6 is 0 Å². The highest BCUT2D eigenvalue weighted by Crippen LogP contribution is 2.56. The van der Waals surface area contributed by atoms with E-state index in [2.05, 4.69) is 248 Å². The maximum atomic E-state index is 2.48. The van der Waals surface area contributed by atoms with E-state index in [0.717, 1.165) is 5.69 Å². The average molecular weight is 862 g/mol. The second-order valence-electron chi connectivity index (χ2n) is 21.8. The Hall–Kier alpha value is -7.22. The van der Waals surface area contributed by atoms with Crippen molar-refractivity contribution < 1.29 is 0 Å². The fourth-order valence-corrected chi connectivity index (χ4v) is 12.9. The summed E-state index contributed by atoms with van der Waals surface area (Å²) in [5, 5.41) is 0. The molecule has 0 amide bonds. The number of hydrogen-bond donors (Lipinski definition) is 0. The zero-order valence-electron chi connectivity index (χ0n) is 39.8. The van der Waals surface area contributed by atoms with Gasteiger partial charge in [0.2, 0.25) is 0 Å². The largest absolute Gasteiger partial charge is 0.310 e. The highest BCUT2D eigenvalue weighted by molar-refractivity contribution is 5.91. The van der Waals surface area contributed by atoms with Gasteiger partial charge in [-0.05, 0) is 172 Å². The predicted octanol–water partition coefficient (Wildman–Crippen LogP) is 17.7. The van der Waals surface area contributed by atoms with Gasteiger partial charge in [0.1, 0.15) is 0 Å². The Morgan fingerprint density at radius 2 is 0.493 bits per heavy atom. The van der Waals surface area contributed by atoms with E-state index in [1.54, 1.807) is 0 Å². The lowest BCUT2D eigenvalue weighted by Gasteiger charge is -2.29. The van der Waals surface area contributed by atoms with E-state index in [1.165, 1.54) is 123 Å². The molecule has 9 aromatic carbocycles. The minimum absolute atomic E-state index is 0.0262. The molecule has 1 heteroatoms. The second-order valence-corrected chi connectivity index (χ2v) is 21.8. The summed E-state index contributed by atoms with van der Waals surface area (Å²) in [6, 6.07) is 71.7. The van der Waals surface area contributed by atoms with Gasteiger partial charge < -0.3 is 4.90 Å². The molecule has 0 saturated heterocycles. The zero-order chi connectivity index (χ0) is 45.8. The Morgan fingerprint density at radius 3 is 0.851 bits per heavy atom. The summed E-state index contributed by atoms with van der Waals surface area (Å²) < 4.78 is 0. The Bertz CT molecular complexity index is 3580. The van der Waals surface area contributed by atoms with Crippen LogP contribution in [-0.4, -0.2) is 0 Å². The van der Waals surface area contributed by atoms with Gasteiger partial charge in [-0.1, -0.05) is 183 Å². The molecule has 0 heterocycles. The monoisotopic (exact) mass is 861 g/mol. The van der Waals surface area contributed by atoms with E-state index in [1.807, 2.05) is 0 Å². The number of rotatable bonds is 5. The molecule has 9 aromatic rings. The summed E-state index contributed by atoms with van der Waals surface area (Å²) in [5.41, 5.74) is 30.1. The lowest BCUT2D eigenvalue weighted by atomic mass is 9.79. The van der Waals surface area contributed by atoms with Crippen molar-refractivity contribution in [1.82, 2.24) is 0 Å². The van der Waals surface area contributed by atoms with Crippen molar-refractivity contribution in [3.63, 3.8) is 0 Å². The third-order valence-electron chi connectivity index (χ3n) is 16.7. The van der Waals surface area contributed by atoms with Crippen LogP contribution in [0, 0.1) is 0 Å². The van der Waals surface area contributed by atoms with E-state index < -0.39 is 0 Å². The van der Waals surface area contributed by atoms with E-state index >= 15 is 0 Å². The van der Waals surface area contributed by atoms with Crippen molar-refractivity contribution in [2.45, 2.75) is 77.0 Å². The van der Waals surface area contributed by atoms with E-state index in [4.69, 9.17) is 0 Å². The molecule has 324 valence electrons. The molecule has 0 aromatic heterocycles. The SMILES string of the molecule is CC1(C)c2ccccc2-c2ccc(-c3ccc4c(c3)C(C)(C)c3cc(-c5ccc6c(c5)C(C)(C)c5cc(N(c7ccccc7)c7ccc8c(c7)C(C)(C)c7ccccc7-8)ccc5-6)ccc3-4)cc21. The van der Waals surface area contributed by atoms with Crippen LogP contribution < -0.4 is 4.90 Å². The second kappa shape index (κ2) is 13.7. The molecular formula is C66H55N. The molecule has 0 fully saturated rings. The molecule has 0 atom stereocenters. The smallest absolute Gasteiger partial charge is 0.0465 e. The fraction of sp³-hybridized carbons (Fsp3) is 0.182. The number of anilines is 3. The standard InChI is InChI=1S/C66H55N/c1-63(2)55-20-14-12-18-47(55)49-28-22-40(34-57(49)63)41-23-29-50-51-30-24-42(36-59(51)65(5,6)58(50)35-41)43-25-31-52-54-33-27-46(39-62(54)66(7,8)60(52)37-43)67(44-16-10-9-11-17-44)45-26-32-53-48-19-13-15-21-56(48)64(3,4)61(53)38-45/h9-39H,1-8H3. The summed E-state index contributed by atoms with van der Waals surface area (Å²) in [4.78, 5) is 2.45. The van der Waals surface area contributed by atoms with Gasteiger partial charge in [-0.3, -0.25) is 0 Å². The van der Waals surface area contributed by atoms with Crippen LogP contribution in [0.25, 0.3) is 66.8 Å². The van der Waals surface area contributed by atoms with Gasteiger partial charge in [0.25, 0.3) is 0 Å². The first-order valence-corrected chi connectivity index (χ1v) is 24.2. The number of para-hydroxylation sites is 1. The zero-order valence-corrected chi connectivity index (χ0v) is 39.8. The molecule has 0 unspecified atom stereocenters. The highest BCUT2D eigenvalue weighted by Gasteiger charge is 2.40. The molecule has 0 spiro atoms. The van der Waals surface area contributed by atoms with Crippen LogP contribution in [0.15, 0.2) is 188 Å². The summed E-state index contributed by atoms with van der Waals surface area (Å²) >= 11 is 0. The minimum Gasteiger partial charge on any atom is -0.310 e. The Labute approximate surface area is 396 Å². The first kappa shape index (κ1) is 40.1. The fourth-order valence-electron chi connectivity index (χ4n) is 12.9. The Balaban J connectivity index is 0.832. The first-order chi connectivity index (χ1) is 32.2. The van der Waals surface area contributed by atoms with Crippen LogP contribution in [-0.2, 0) is 21.7 Å². The van der Waals surface area contributed by atoms with Gasteiger partial charge in [-0.15, -0.1) is 0 Å². The summed E-state index contributed by atoms with van der Waals surface area (Å²) in [5.74, 6) is 0. The van der Waals surface area contributed by atoms with Crippen molar-refractivity contribution in [3.8, 4) is 66.8 Å². The van der Waals surface area contributed by atoms with Crippen molar-refractivity contribution in [2.75, 3.05) is 4.90 Å². The Morgan fingerprint density at radius 1 is 0.224 bits per heavy atom. The number of fused-ring (bicyclic) bond motifs is 12. The molecule has 0 bridgehead atoms. The maximum absolute atomic E-state index is 2.48. The van der Waals surface area contributed by atoms with Gasteiger partial charge in [0, 0.05) is 38.7 Å². The van der Waals surface area contributed by atoms with Crippen molar-refractivity contribution in [3.05, 3.63) is 233 Å². The molecular weight excluding hydrogens is 807 g/mol. The Kier molecular flexibility index (Phi) is 8.18. The molecule has 0 radical (unpaired) electrons. The molecule has 0 aliphatic heterocycles. The predicted molar refractivity (Wildman–Crippen MR) is 282 cm³/mol. The van der Waals surface area contributed by atoms with Gasteiger partial charge in [-0.2, -0.15) is 0 Å². The number of nitrogens with zero attached hydrogens (tertiary/aromatic N) is 1. The minimum atomic E-state index is -0.196. The lowest BCUT2D eigenvalue weighted by molar-refractivity contribution is 0.659. The topological polar surface area (TPSA) is 3.24 Å². The summed E-state index contributed by atoms with van der Waals surface area (Å²) in [7, 11) is 0. The van der Waals surface area contributed by atoms with Crippen LogP contribution in [0.4, 0.5) is 17.1 Å². The van der Waals surface area contributed by atoms with E-state index in [0.29, 0.717) is 0 Å². The van der Waals surface area contributed by atoms with E-state index in [9.17, 15) is 0 Å². The third kappa shape index (κ3) is 5.55. The highest BCUT2D eigenvalue weighted by atomic mass is 15.1. The van der Waals surface area contributed by atoms with Crippen LogP contribution in [0.2, 0.25) is 0 Å². The normalized spacial score (nSPS) is 16.2. The molecule has 0 saturated carbocycles. The number of hydrogen-bond acceptors (Lipinski definition) is 1. The van der Waals surface area contributed by atoms with Crippen LogP contribution in [0.3, 0.4) is 0 Å².